The molecule has 176 valence electrons. The highest BCUT2D eigenvalue weighted by molar-refractivity contribution is 7.92. The SMILES string of the molecule is CC[C@@H](C(=O)NCCOc1cccc2ccccc12)N(c1ccc(OC)c(Cl)c1)S(C)(=O)=O. The molecule has 0 aliphatic rings. The van der Waals surface area contributed by atoms with Crippen molar-refractivity contribution in [3.63, 3.8) is 0 Å². The van der Waals surface area contributed by atoms with E-state index in [9.17, 15) is 13.2 Å². The summed E-state index contributed by atoms with van der Waals surface area (Å²) in [7, 11) is -2.30. The van der Waals surface area contributed by atoms with Gasteiger partial charge in [-0.1, -0.05) is 54.9 Å². The monoisotopic (exact) mass is 490 g/mol. The molecule has 0 aliphatic carbocycles. The molecule has 0 heterocycles. The van der Waals surface area contributed by atoms with E-state index in [2.05, 4.69) is 5.32 Å². The summed E-state index contributed by atoms with van der Waals surface area (Å²) in [6, 6.07) is 17.3. The van der Waals surface area contributed by atoms with Crippen LogP contribution in [-0.2, 0) is 14.8 Å². The van der Waals surface area contributed by atoms with Crippen LogP contribution in [0.2, 0.25) is 5.02 Å². The Morgan fingerprint density at radius 1 is 1.09 bits per heavy atom. The Morgan fingerprint density at radius 3 is 2.48 bits per heavy atom. The summed E-state index contributed by atoms with van der Waals surface area (Å²) in [4.78, 5) is 12.9. The second-order valence-corrected chi connectivity index (χ2v) is 9.69. The summed E-state index contributed by atoms with van der Waals surface area (Å²) in [5, 5.41) is 5.08. The van der Waals surface area contributed by atoms with E-state index in [4.69, 9.17) is 21.1 Å². The van der Waals surface area contributed by atoms with Gasteiger partial charge in [-0.2, -0.15) is 0 Å². The van der Waals surface area contributed by atoms with Crippen molar-refractivity contribution in [1.82, 2.24) is 5.32 Å². The standard InChI is InChI=1S/C24H27ClN2O5S/c1-4-21(27(33(3,29)30)18-12-13-23(31-2)20(25)16-18)24(28)26-14-15-32-22-11-7-9-17-8-5-6-10-19(17)22/h5-13,16,21H,4,14-15H2,1-3H3,(H,26,28)/t21-/m0/s1. The van der Waals surface area contributed by atoms with E-state index in [1.165, 1.54) is 13.2 Å². The highest BCUT2D eigenvalue weighted by Gasteiger charge is 2.31. The Labute approximate surface area is 199 Å². The molecule has 0 unspecified atom stereocenters. The molecule has 1 N–H and O–H groups in total. The highest BCUT2D eigenvalue weighted by Crippen LogP contribution is 2.32. The van der Waals surface area contributed by atoms with Gasteiger partial charge in [0.1, 0.15) is 24.1 Å². The molecule has 0 aromatic heterocycles. The maximum atomic E-state index is 12.9. The first-order valence-electron chi connectivity index (χ1n) is 10.5. The van der Waals surface area contributed by atoms with Crippen LogP contribution in [0, 0.1) is 0 Å². The first-order chi connectivity index (χ1) is 15.8. The molecule has 9 heteroatoms. The Morgan fingerprint density at radius 2 is 1.82 bits per heavy atom. The van der Waals surface area contributed by atoms with E-state index in [0.29, 0.717) is 5.75 Å². The number of halogens is 1. The zero-order chi connectivity index (χ0) is 24.0. The number of carbonyl (C=O) groups is 1. The molecule has 7 nitrogen and oxygen atoms in total. The van der Waals surface area contributed by atoms with Gasteiger partial charge in [-0.3, -0.25) is 9.10 Å². The lowest BCUT2D eigenvalue weighted by Gasteiger charge is -2.30. The van der Waals surface area contributed by atoms with Crippen LogP contribution in [0.3, 0.4) is 0 Å². The highest BCUT2D eigenvalue weighted by atomic mass is 35.5. The van der Waals surface area contributed by atoms with Crippen molar-refractivity contribution < 1.29 is 22.7 Å². The molecule has 0 spiro atoms. The molecule has 3 aromatic carbocycles. The quantitative estimate of drug-likeness (QED) is 0.430. The number of hydrogen-bond acceptors (Lipinski definition) is 5. The van der Waals surface area contributed by atoms with Crippen molar-refractivity contribution in [2.75, 3.05) is 30.8 Å². The maximum absolute atomic E-state index is 12.9. The van der Waals surface area contributed by atoms with Gasteiger partial charge in [0, 0.05) is 5.39 Å². The van der Waals surface area contributed by atoms with Gasteiger partial charge in [0.15, 0.2) is 0 Å². The first kappa shape index (κ1) is 24.7. The van der Waals surface area contributed by atoms with E-state index >= 15 is 0 Å². The fourth-order valence-electron chi connectivity index (χ4n) is 3.63. The molecular formula is C24H27ClN2O5S. The minimum Gasteiger partial charge on any atom is -0.495 e. The number of anilines is 1. The number of nitrogens with zero attached hydrogens (tertiary/aromatic N) is 1. The zero-order valence-electron chi connectivity index (χ0n) is 18.7. The van der Waals surface area contributed by atoms with Gasteiger partial charge in [0.05, 0.1) is 30.6 Å². The lowest BCUT2D eigenvalue weighted by molar-refractivity contribution is -0.122. The Kier molecular flexibility index (Phi) is 8.05. The minimum absolute atomic E-state index is 0.222. The van der Waals surface area contributed by atoms with Crippen LogP contribution in [0.25, 0.3) is 10.8 Å². The van der Waals surface area contributed by atoms with E-state index in [1.54, 1.807) is 19.1 Å². The molecule has 1 atom stereocenters. The molecule has 0 bridgehead atoms. The van der Waals surface area contributed by atoms with Gasteiger partial charge in [0.25, 0.3) is 0 Å². The van der Waals surface area contributed by atoms with Crippen molar-refractivity contribution >= 4 is 44.0 Å². The van der Waals surface area contributed by atoms with Gasteiger partial charge < -0.3 is 14.8 Å². The number of sulfonamides is 1. The summed E-state index contributed by atoms with van der Waals surface area (Å²) >= 11 is 6.19. The van der Waals surface area contributed by atoms with Crippen molar-refractivity contribution in [2.24, 2.45) is 0 Å². The number of rotatable bonds is 10. The number of carbonyl (C=O) groups excluding carboxylic acids is 1. The van der Waals surface area contributed by atoms with Crippen LogP contribution in [0.5, 0.6) is 11.5 Å². The molecule has 0 saturated heterocycles. The number of amides is 1. The van der Waals surface area contributed by atoms with E-state index in [-0.39, 0.29) is 30.3 Å². The van der Waals surface area contributed by atoms with Crippen LogP contribution in [0.4, 0.5) is 5.69 Å². The Balaban J connectivity index is 1.70. The second kappa shape index (κ2) is 10.8. The molecule has 0 fully saturated rings. The van der Waals surface area contributed by atoms with Crippen molar-refractivity contribution in [2.45, 2.75) is 19.4 Å². The predicted octanol–water partition coefficient (Wildman–Crippen LogP) is 4.24. The van der Waals surface area contributed by atoms with Crippen molar-refractivity contribution in [3.05, 3.63) is 65.7 Å². The number of methoxy groups -OCH3 is 1. The topological polar surface area (TPSA) is 84.9 Å². The molecule has 33 heavy (non-hydrogen) atoms. The molecule has 1 amide bonds. The Bertz CT molecular complexity index is 1230. The largest absolute Gasteiger partial charge is 0.495 e. The zero-order valence-corrected chi connectivity index (χ0v) is 20.3. The Hall–Kier alpha value is -2.97. The summed E-state index contributed by atoms with van der Waals surface area (Å²) in [6.07, 6.45) is 1.33. The van der Waals surface area contributed by atoms with Crippen molar-refractivity contribution in [1.29, 1.82) is 0 Å². The van der Waals surface area contributed by atoms with E-state index in [0.717, 1.165) is 27.1 Å². The van der Waals surface area contributed by atoms with Gasteiger partial charge >= 0.3 is 0 Å². The molecule has 0 radical (unpaired) electrons. The molecule has 3 aromatic rings. The summed E-state index contributed by atoms with van der Waals surface area (Å²) in [5.41, 5.74) is 0.289. The third-order valence-corrected chi connectivity index (χ3v) is 6.60. The van der Waals surface area contributed by atoms with Gasteiger partial charge in [-0.05, 0) is 36.1 Å². The number of nitrogens with one attached hydrogen (secondary N) is 1. The first-order valence-corrected chi connectivity index (χ1v) is 12.7. The summed E-state index contributed by atoms with van der Waals surface area (Å²) < 4.78 is 37.3. The molecule has 0 aliphatic heterocycles. The number of fused-ring (bicyclic) bond motifs is 1. The van der Waals surface area contributed by atoms with Crippen LogP contribution in [0.1, 0.15) is 13.3 Å². The van der Waals surface area contributed by atoms with Crippen LogP contribution in [-0.4, -0.2) is 46.9 Å². The van der Waals surface area contributed by atoms with Gasteiger partial charge in [-0.25, -0.2) is 8.42 Å². The number of benzene rings is 3. The lowest BCUT2D eigenvalue weighted by atomic mass is 10.1. The minimum atomic E-state index is -3.77. The second-order valence-electron chi connectivity index (χ2n) is 7.42. The fraction of sp³-hybridized carbons (Fsp3) is 0.292. The third-order valence-electron chi connectivity index (χ3n) is 5.13. The van der Waals surface area contributed by atoms with Crippen LogP contribution >= 0.6 is 11.6 Å². The molecule has 0 saturated carbocycles. The fourth-order valence-corrected chi connectivity index (χ4v) is 5.08. The third kappa shape index (κ3) is 5.89. The maximum Gasteiger partial charge on any atom is 0.244 e. The molecular weight excluding hydrogens is 464 g/mol. The van der Waals surface area contributed by atoms with Crippen molar-refractivity contribution in [3.8, 4) is 11.5 Å². The lowest BCUT2D eigenvalue weighted by Crippen LogP contribution is -2.50. The molecule has 3 rings (SSSR count). The number of hydrogen-bond donors (Lipinski definition) is 1. The summed E-state index contributed by atoms with van der Waals surface area (Å²) in [6.45, 7) is 2.21. The normalized spacial score (nSPS) is 12.2. The van der Waals surface area contributed by atoms with Gasteiger partial charge in [-0.15, -0.1) is 0 Å². The number of ether oxygens (including phenoxy) is 2. The van der Waals surface area contributed by atoms with Gasteiger partial charge in [0.2, 0.25) is 15.9 Å². The summed E-state index contributed by atoms with van der Waals surface area (Å²) in [5.74, 6) is 0.716. The predicted molar refractivity (Wildman–Crippen MR) is 132 cm³/mol. The van der Waals surface area contributed by atoms with Crippen LogP contribution in [0.15, 0.2) is 60.7 Å². The van der Waals surface area contributed by atoms with Crippen LogP contribution < -0.4 is 19.1 Å². The van der Waals surface area contributed by atoms with E-state index < -0.39 is 22.0 Å². The van der Waals surface area contributed by atoms with E-state index in [1.807, 2.05) is 42.5 Å². The average molecular weight is 491 g/mol. The smallest absolute Gasteiger partial charge is 0.244 e. The average Bonchev–Trinajstić information content (AvgIpc) is 2.79.